The van der Waals surface area contributed by atoms with Gasteiger partial charge >= 0.3 is 13.8 Å². The van der Waals surface area contributed by atoms with E-state index in [1.165, 1.54) is 212 Å². The topological polar surface area (TPSA) is 111 Å². The molecule has 0 aliphatic heterocycles. The monoisotopic (exact) mass is 1280 g/mol. The standard InChI is InChI=1S/C80H145N2O7P/c1-7-10-13-16-19-22-25-28-30-32-34-36-38-40-41-43-45-47-49-51-53-55-58-61-64-67-70-73-80(84)89-78(71-68-65-62-59-56-27-24-21-18-15-12-9-3)77(76-88-90(85,86)87-75-74-82(4,5)6)81-79(83)72-69-66-63-60-57-54-52-50-48-46-44-42-39-37-35-33-31-29-26-23-20-17-14-11-8-2/h19-20,22-23,28-31,34-37,42,44,68,71,77-78H,7-18,21,24-27,32-33,38-41,43,45-67,69-70,72-76H2,1-6H3,(H-,81,83,85,86)/p+1/b22-19-,23-20-,30-28-,31-29-,36-34-,37-35-,44-42-,71-68+. The quantitative estimate of drug-likeness (QED) is 0.0205. The van der Waals surface area contributed by atoms with Crippen LogP contribution >= 0.6 is 7.82 Å². The maximum absolute atomic E-state index is 13.6. The van der Waals surface area contributed by atoms with Crippen LogP contribution in [0.15, 0.2) is 97.2 Å². The Morgan fingerprint density at radius 3 is 1.03 bits per heavy atom. The third-order valence-electron chi connectivity index (χ3n) is 16.7. The third kappa shape index (κ3) is 69.3. The van der Waals surface area contributed by atoms with Crippen molar-refractivity contribution >= 4 is 19.7 Å². The van der Waals surface area contributed by atoms with Gasteiger partial charge in [0.15, 0.2) is 0 Å². The number of rotatable bonds is 69. The predicted molar refractivity (Wildman–Crippen MR) is 392 cm³/mol. The molecule has 0 fully saturated rings. The molecule has 10 heteroatoms. The van der Waals surface area contributed by atoms with E-state index in [0.29, 0.717) is 17.4 Å². The minimum atomic E-state index is -4.46. The van der Waals surface area contributed by atoms with E-state index in [1.807, 2.05) is 33.3 Å². The van der Waals surface area contributed by atoms with Crippen LogP contribution in [0.3, 0.4) is 0 Å². The van der Waals surface area contributed by atoms with Gasteiger partial charge in [0.25, 0.3) is 0 Å². The Bertz CT molecular complexity index is 1860. The molecule has 3 atom stereocenters. The smallest absolute Gasteiger partial charge is 0.456 e. The summed E-state index contributed by atoms with van der Waals surface area (Å²) in [5.74, 6) is -0.505. The summed E-state index contributed by atoms with van der Waals surface area (Å²) < 4.78 is 30.9. The Balaban J connectivity index is 5.00. The fourth-order valence-electron chi connectivity index (χ4n) is 10.9. The summed E-state index contributed by atoms with van der Waals surface area (Å²) in [4.78, 5) is 38.0. The van der Waals surface area contributed by atoms with Crippen molar-refractivity contribution in [3.63, 3.8) is 0 Å². The molecule has 1 amide bonds. The average Bonchev–Trinajstić information content (AvgIpc) is 3.11. The normalized spacial score (nSPS) is 14.0. The number of nitrogens with zero attached hydrogens (tertiary/aromatic N) is 1. The number of hydrogen-bond donors (Lipinski definition) is 2. The number of phosphoric ester groups is 1. The summed E-state index contributed by atoms with van der Waals surface area (Å²) >= 11 is 0. The van der Waals surface area contributed by atoms with Crippen LogP contribution in [0.5, 0.6) is 0 Å². The summed E-state index contributed by atoms with van der Waals surface area (Å²) in [6.07, 6.45) is 94.2. The van der Waals surface area contributed by atoms with Crippen molar-refractivity contribution in [2.45, 2.75) is 360 Å². The molecular formula is C80H146N2O7P+. The first kappa shape index (κ1) is 86.9. The summed E-state index contributed by atoms with van der Waals surface area (Å²) in [6.45, 7) is 6.98. The molecule has 0 aliphatic rings. The summed E-state index contributed by atoms with van der Waals surface area (Å²) in [5.41, 5.74) is 0. The fraction of sp³-hybridized carbons (Fsp3) is 0.775. The van der Waals surface area contributed by atoms with E-state index in [0.717, 1.165) is 103 Å². The number of phosphoric acid groups is 1. The summed E-state index contributed by atoms with van der Waals surface area (Å²) in [5, 5.41) is 3.07. The highest BCUT2D eigenvalue weighted by Gasteiger charge is 2.30. The minimum absolute atomic E-state index is 0.0361. The van der Waals surface area contributed by atoms with Gasteiger partial charge in [0.05, 0.1) is 33.8 Å². The van der Waals surface area contributed by atoms with Gasteiger partial charge in [0.2, 0.25) is 5.91 Å². The number of hydrogen-bond acceptors (Lipinski definition) is 6. The first-order valence-electron chi connectivity index (χ1n) is 38.1. The molecule has 0 bridgehead atoms. The Morgan fingerprint density at radius 2 is 0.678 bits per heavy atom. The number of esters is 1. The Hall–Kier alpha value is -3.07. The number of quaternary nitrogens is 1. The van der Waals surface area contributed by atoms with Crippen LogP contribution in [0, 0.1) is 0 Å². The van der Waals surface area contributed by atoms with Crippen molar-refractivity contribution < 1.29 is 37.3 Å². The molecule has 3 unspecified atom stereocenters. The minimum Gasteiger partial charge on any atom is -0.456 e. The highest BCUT2D eigenvalue weighted by atomic mass is 31.2. The van der Waals surface area contributed by atoms with Crippen molar-refractivity contribution in [1.82, 2.24) is 5.32 Å². The number of amides is 1. The second-order valence-corrected chi connectivity index (χ2v) is 28.3. The van der Waals surface area contributed by atoms with Crippen LogP contribution < -0.4 is 5.32 Å². The molecule has 0 aliphatic carbocycles. The number of unbranched alkanes of at least 4 members (excludes halogenated alkanes) is 39. The van der Waals surface area contributed by atoms with E-state index < -0.39 is 20.0 Å². The van der Waals surface area contributed by atoms with Crippen molar-refractivity contribution in [2.75, 3.05) is 40.9 Å². The van der Waals surface area contributed by atoms with Crippen molar-refractivity contribution in [1.29, 1.82) is 0 Å². The Labute approximate surface area is 558 Å². The van der Waals surface area contributed by atoms with Gasteiger partial charge in [-0.1, -0.05) is 317 Å². The molecule has 0 radical (unpaired) electrons. The van der Waals surface area contributed by atoms with Gasteiger partial charge in [0, 0.05) is 12.8 Å². The fourth-order valence-corrected chi connectivity index (χ4v) is 11.6. The maximum Gasteiger partial charge on any atom is 0.472 e. The maximum atomic E-state index is 13.6. The zero-order valence-corrected chi connectivity index (χ0v) is 60.8. The SMILES string of the molecule is CCCCC/C=C\C/C=C\C/C=C\C/C=C\CCCCCCCCCCCC(=O)NC(COP(=O)(O)OCC[N+](C)(C)C)C(/C=C/CCCCCCCCCCCC)OC(=O)CCCCCCCCCCCCCCCC/C=C\C/C=C\C/C=C\CCCCC. The van der Waals surface area contributed by atoms with Crippen LogP contribution in [0.25, 0.3) is 0 Å². The number of carbonyl (C=O) groups is 2. The lowest BCUT2D eigenvalue weighted by Crippen LogP contribution is -2.47. The summed E-state index contributed by atoms with van der Waals surface area (Å²) in [7, 11) is 1.49. The zero-order chi connectivity index (χ0) is 65.6. The lowest BCUT2D eigenvalue weighted by atomic mass is 10.0. The largest absolute Gasteiger partial charge is 0.472 e. The lowest BCUT2D eigenvalue weighted by Gasteiger charge is -2.27. The number of ether oxygens (including phenoxy) is 1. The molecule has 0 spiro atoms. The number of nitrogens with one attached hydrogen (secondary N) is 1. The van der Waals surface area contributed by atoms with Crippen LogP contribution in [0.1, 0.15) is 348 Å². The molecule has 90 heavy (non-hydrogen) atoms. The molecule has 0 heterocycles. The van der Waals surface area contributed by atoms with E-state index in [2.05, 4.69) is 111 Å². The second-order valence-electron chi connectivity index (χ2n) is 26.8. The molecule has 0 aromatic heterocycles. The van der Waals surface area contributed by atoms with Crippen LogP contribution in [-0.4, -0.2) is 74.3 Å². The van der Waals surface area contributed by atoms with Crippen molar-refractivity contribution in [2.24, 2.45) is 0 Å². The molecule has 9 nitrogen and oxygen atoms in total. The van der Waals surface area contributed by atoms with Gasteiger partial charge in [-0.15, -0.1) is 0 Å². The van der Waals surface area contributed by atoms with E-state index in [1.54, 1.807) is 0 Å². The third-order valence-corrected chi connectivity index (χ3v) is 17.7. The van der Waals surface area contributed by atoms with Crippen molar-refractivity contribution in [3.8, 4) is 0 Å². The average molecular weight is 1280 g/mol. The first-order chi connectivity index (χ1) is 43.9. The number of carbonyl (C=O) groups excluding carboxylic acids is 2. The molecule has 0 aromatic carbocycles. The Morgan fingerprint density at radius 1 is 0.389 bits per heavy atom. The van der Waals surface area contributed by atoms with Gasteiger partial charge in [-0.2, -0.15) is 0 Å². The van der Waals surface area contributed by atoms with Gasteiger partial charge in [-0.25, -0.2) is 4.57 Å². The van der Waals surface area contributed by atoms with Crippen LogP contribution in [0.4, 0.5) is 0 Å². The zero-order valence-electron chi connectivity index (χ0n) is 59.9. The molecule has 0 saturated heterocycles. The van der Waals surface area contributed by atoms with E-state index in [-0.39, 0.29) is 31.5 Å². The predicted octanol–water partition coefficient (Wildman–Crippen LogP) is 24.6. The van der Waals surface area contributed by atoms with Gasteiger partial charge in [0.1, 0.15) is 19.3 Å². The molecular weight excluding hydrogens is 1130 g/mol. The van der Waals surface area contributed by atoms with Gasteiger partial charge in [-0.3, -0.25) is 18.6 Å². The van der Waals surface area contributed by atoms with E-state index in [4.69, 9.17) is 13.8 Å². The molecule has 0 rings (SSSR count). The second kappa shape index (κ2) is 68.8. The van der Waals surface area contributed by atoms with Gasteiger partial charge < -0.3 is 19.4 Å². The number of likely N-dealkylation sites (N-methyl/N-ethyl adjacent to an activating group) is 1. The van der Waals surface area contributed by atoms with E-state index in [9.17, 15) is 19.0 Å². The highest BCUT2D eigenvalue weighted by molar-refractivity contribution is 7.47. The van der Waals surface area contributed by atoms with Crippen molar-refractivity contribution in [3.05, 3.63) is 97.2 Å². The van der Waals surface area contributed by atoms with Crippen LogP contribution in [0.2, 0.25) is 0 Å². The molecule has 522 valence electrons. The van der Waals surface area contributed by atoms with Gasteiger partial charge in [-0.05, 0) is 115 Å². The van der Waals surface area contributed by atoms with Crippen LogP contribution in [-0.2, 0) is 27.9 Å². The molecule has 0 saturated carbocycles. The highest BCUT2D eigenvalue weighted by Crippen LogP contribution is 2.43. The summed E-state index contributed by atoms with van der Waals surface area (Å²) in [6, 6.07) is -0.858. The molecule has 0 aromatic rings. The van der Waals surface area contributed by atoms with E-state index >= 15 is 0 Å². The number of allylic oxidation sites excluding steroid dienone is 15. The Kier molecular flexibility index (Phi) is 66.4. The first-order valence-corrected chi connectivity index (χ1v) is 39.6. The molecule has 2 N–H and O–H groups in total. The lowest BCUT2D eigenvalue weighted by molar-refractivity contribution is -0.870.